The van der Waals surface area contributed by atoms with Crippen molar-refractivity contribution in [3.63, 3.8) is 0 Å². The molecule has 2 aromatic carbocycles. The van der Waals surface area contributed by atoms with E-state index in [2.05, 4.69) is 6.07 Å². The van der Waals surface area contributed by atoms with Gasteiger partial charge in [-0.3, -0.25) is 0 Å². The first-order chi connectivity index (χ1) is 15.1. The minimum absolute atomic E-state index is 0.328. The van der Waals surface area contributed by atoms with Gasteiger partial charge in [0.05, 0.1) is 24.1 Å². The molecule has 0 aliphatic carbocycles. The standard InChI is InChI=1S/C24H15NO5S/c1-27-16-3-5-18-19(9-16)28-23(26)20-21-17-4-2-13(11-25)8-14(17)10-24(29-21,30-22(18)20)15-6-7-31-12-15/h2-9,12,21H,10H2,1H3/t21?,24-/m1/s1. The van der Waals surface area contributed by atoms with E-state index in [1.165, 1.54) is 0 Å². The number of rotatable bonds is 2. The lowest BCUT2D eigenvalue weighted by molar-refractivity contribution is -0.237. The van der Waals surface area contributed by atoms with Crippen molar-refractivity contribution in [2.45, 2.75) is 18.3 Å². The zero-order valence-corrected chi connectivity index (χ0v) is 17.2. The molecular weight excluding hydrogens is 414 g/mol. The van der Waals surface area contributed by atoms with Gasteiger partial charge in [-0.15, -0.1) is 0 Å². The predicted molar refractivity (Wildman–Crippen MR) is 113 cm³/mol. The summed E-state index contributed by atoms with van der Waals surface area (Å²) < 4.78 is 23.9. The van der Waals surface area contributed by atoms with Crippen molar-refractivity contribution >= 4 is 22.3 Å². The molecule has 0 fully saturated rings. The Labute approximate surface area is 180 Å². The molecule has 4 aromatic rings. The summed E-state index contributed by atoms with van der Waals surface area (Å²) >= 11 is 1.55. The third kappa shape index (κ3) is 2.56. The van der Waals surface area contributed by atoms with Crippen LogP contribution < -0.4 is 15.1 Å². The summed E-state index contributed by atoms with van der Waals surface area (Å²) in [5, 5.41) is 14.0. The van der Waals surface area contributed by atoms with Crippen molar-refractivity contribution in [2.75, 3.05) is 7.11 Å². The highest BCUT2D eigenvalue weighted by atomic mass is 32.1. The third-order valence-corrected chi connectivity index (χ3v) is 6.56. The van der Waals surface area contributed by atoms with Gasteiger partial charge in [0, 0.05) is 23.4 Å². The van der Waals surface area contributed by atoms with Gasteiger partial charge in [-0.05, 0) is 46.8 Å². The molecule has 0 amide bonds. The van der Waals surface area contributed by atoms with Gasteiger partial charge in [0.1, 0.15) is 28.7 Å². The van der Waals surface area contributed by atoms with E-state index in [0.29, 0.717) is 40.0 Å². The molecule has 31 heavy (non-hydrogen) atoms. The lowest BCUT2D eigenvalue weighted by atomic mass is 9.84. The Morgan fingerprint density at radius 3 is 2.90 bits per heavy atom. The van der Waals surface area contributed by atoms with E-state index in [9.17, 15) is 10.1 Å². The lowest BCUT2D eigenvalue weighted by Crippen LogP contribution is -2.47. The van der Waals surface area contributed by atoms with E-state index in [0.717, 1.165) is 16.7 Å². The second kappa shape index (κ2) is 6.45. The van der Waals surface area contributed by atoms with Crippen LogP contribution in [0.4, 0.5) is 0 Å². The van der Waals surface area contributed by atoms with Crippen LogP contribution in [0.15, 0.2) is 62.4 Å². The van der Waals surface area contributed by atoms with Crippen LogP contribution in [0.5, 0.6) is 11.5 Å². The smallest absolute Gasteiger partial charge is 0.346 e. The molecule has 7 heteroatoms. The van der Waals surface area contributed by atoms with Crippen LogP contribution in [0.3, 0.4) is 0 Å². The molecule has 6 rings (SSSR count). The highest BCUT2D eigenvalue weighted by molar-refractivity contribution is 7.08. The summed E-state index contributed by atoms with van der Waals surface area (Å²) in [4.78, 5) is 13.1. The first kappa shape index (κ1) is 18.2. The van der Waals surface area contributed by atoms with Gasteiger partial charge in [-0.25, -0.2) is 4.79 Å². The molecule has 2 aromatic heterocycles. The van der Waals surface area contributed by atoms with Gasteiger partial charge in [0.2, 0.25) is 5.79 Å². The van der Waals surface area contributed by atoms with Crippen molar-refractivity contribution in [1.29, 1.82) is 5.26 Å². The summed E-state index contributed by atoms with van der Waals surface area (Å²) in [6.07, 6.45) is -0.245. The summed E-state index contributed by atoms with van der Waals surface area (Å²) in [6.45, 7) is 0. The molecule has 1 unspecified atom stereocenters. The molecule has 2 atom stereocenters. The molecule has 2 aliphatic rings. The number of nitriles is 1. The van der Waals surface area contributed by atoms with Crippen LogP contribution >= 0.6 is 11.3 Å². The molecule has 2 aliphatic heterocycles. The number of thiophene rings is 1. The average molecular weight is 429 g/mol. The van der Waals surface area contributed by atoms with Crippen LogP contribution in [0.1, 0.15) is 33.9 Å². The SMILES string of the molecule is COc1ccc2c3c(c(=O)oc2c1)C1O[C@](c2ccsc2)(Cc2cc(C#N)ccc21)O3. The van der Waals surface area contributed by atoms with Gasteiger partial charge in [-0.2, -0.15) is 16.6 Å². The zero-order valence-electron chi connectivity index (χ0n) is 16.4. The summed E-state index contributed by atoms with van der Waals surface area (Å²) in [5.41, 5.74) is 3.39. The third-order valence-electron chi connectivity index (χ3n) is 5.88. The Kier molecular flexibility index (Phi) is 3.78. The fourth-order valence-electron chi connectivity index (χ4n) is 4.41. The minimum atomic E-state index is -1.10. The predicted octanol–water partition coefficient (Wildman–Crippen LogP) is 4.64. The molecular formula is C24H15NO5S. The normalized spacial score (nSPS) is 21.0. The lowest BCUT2D eigenvalue weighted by Gasteiger charge is -2.46. The first-order valence-electron chi connectivity index (χ1n) is 9.69. The fraction of sp³-hybridized carbons (Fsp3) is 0.167. The number of hydrogen-bond acceptors (Lipinski definition) is 7. The average Bonchev–Trinajstić information content (AvgIpc) is 3.34. The largest absolute Gasteiger partial charge is 0.497 e. The highest BCUT2D eigenvalue weighted by Gasteiger charge is 2.51. The Morgan fingerprint density at radius 1 is 1.23 bits per heavy atom. The summed E-state index contributed by atoms with van der Waals surface area (Å²) in [7, 11) is 1.56. The Hall–Kier alpha value is -3.60. The number of ether oxygens (including phenoxy) is 3. The van der Waals surface area contributed by atoms with E-state index in [-0.39, 0.29) is 0 Å². The van der Waals surface area contributed by atoms with Crippen molar-refractivity contribution in [3.8, 4) is 17.6 Å². The molecule has 0 radical (unpaired) electrons. The Bertz CT molecular complexity index is 1450. The second-order valence-corrected chi connectivity index (χ2v) is 8.34. The number of fused-ring (bicyclic) bond motifs is 8. The molecule has 6 nitrogen and oxygen atoms in total. The molecule has 4 heterocycles. The number of hydrogen-bond donors (Lipinski definition) is 0. The van der Waals surface area contributed by atoms with Crippen molar-refractivity contribution in [1.82, 2.24) is 0 Å². The highest BCUT2D eigenvalue weighted by Crippen LogP contribution is 2.53. The number of benzene rings is 2. The van der Waals surface area contributed by atoms with Gasteiger partial charge < -0.3 is 18.6 Å². The molecule has 2 bridgehead atoms. The summed E-state index contributed by atoms with van der Waals surface area (Å²) in [6, 6.07) is 14.9. The van der Waals surface area contributed by atoms with E-state index in [1.54, 1.807) is 30.6 Å². The first-order valence-corrected chi connectivity index (χ1v) is 10.6. The van der Waals surface area contributed by atoms with Gasteiger partial charge in [0.15, 0.2) is 0 Å². The Morgan fingerprint density at radius 2 is 2.13 bits per heavy atom. The maximum atomic E-state index is 13.1. The zero-order chi connectivity index (χ0) is 21.2. The van der Waals surface area contributed by atoms with Crippen LogP contribution in [-0.2, 0) is 16.9 Å². The van der Waals surface area contributed by atoms with E-state index in [4.69, 9.17) is 18.6 Å². The summed E-state index contributed by atoms with van der Waals surface area (Å²) in [5.74, 6) is -0.0458. The van der Waals surface area contributed by atoms with Crippen molar-refractivity contribution < 1.29 is 18.6 Å². The van der Waals surface area contributed by atoms with Gasteiger partial charge >= 0.3 is 5.63 Å². The number of nitrogens with zero attached hydrogens (tertiary/aromatic N) is 1. The van der Waals surface area contributed by atoms with E-state index >= 15 is 0 Å². The van der Waals surface area contributed by atoms with E-state index < -0.39 is 17.5 Å². The minimum Gasteiger partial charge on any atom is -0.497 e. The molecule has 0 saturated carbocycles. The fourth-order valence-corrected chi connectivity index (χ4v) is 5.12. The van der Waals surface area contributed by atoms with Crippen LogP contribution in [0, 0.1) is 11.3 Å². The van der Waals surface area contributed by atoms with Gasteiger partial charge in [-0.1, -0.05) is 6.07 Å². The van der Waals surface area contributed by atoms with Crippen LogP contribution in [-0.4, -0.2) is 7.11 Å². The second-order valence-electron chi connectivity index (χ2n) is 7.56. The maximum absolute atomic E-state index is 13.1. The quantitative estimate of drug-likeness (QED) is 0.432. The topological polar surface area (TPSA) is 81.7 Å². The van der Waals surface area contributed by atoms with Crippen LogP contribution in [0.25, 0.3) is 11.0 Å². The molecule has 0 N–H and O–H groups in total. The molecule has 152 valence electrons. The van der Waals surface area contributed by atoms with Gasteiger partial charge in [0.25, 0.3) is 0 Å². The maximum Gasteiger partial charge on any atom is 0.346 e. The monoisotopic (exact) mass is 429 g/mol. The van der Waals surface area contributed by atoms with Crippen molar-refractivity contribution in [3.05, 3.63) is 91.5 Å². The van der Waals surface area contributed by atoms with Crippen molar-refractivity contribution in [2.24, 2.45) is 0 Å². The van der Waals surface area contributed by atoms with E-state index in [1.807, 2.05) is 41.1 Å². The molecule has 0 saturated heterocycles. The van der Waals surface area contributed by atoms with Crippen LogP contribution in [0.2, 0.25) is 0 Å². The Balaban J connectivity index is 1.67. The molecule has 0 spiro atoms. The number of methoxy groups -OCH3 is 1.